The van der Waals surface area contributed by atoms with Crippen LogP contribution in [-0.4, -0.2) is 23.2 Å². The van der Waals surface area contributed by atoms with Crippen molar-refractivity contribution >= 4 is 17.7 Å². The minimum atomic E-state index is -0.564. The molecule has 106 valence electrons. The van der Waals surface area contributed by atoms with Crippen LogP contribution in [0.3, 0.4) is 0 Å². The monoisotopic (exact) mass is 282 g/mol. The minimum Gasteiger partial charge on any atom is -0.468 e. The lowest BCUT2D eigenvalue weighted by atomic mass is 9.93. The molecular weight excluding hydrogens is 260 g/mol. The Morgan fingerprint density at radius 2 is 2.37 bits per heavy atom. The third kappa shape index (κ3) is 3.54. The van der Waals surface area contributed by atoms with E-state index in [1.165, 1.54) is 0 Å². The predicted octanol–water partition coefficient (Wildman–Crippen LogP) is 2.14. The Kier molecular flexibility index (Phi) is 4.58. The SMILES string of the molecule is CC(C)NC(CSCc1ccco1)(C(N)=O)C1CC1. The largest absolute Gasteiger partial charge is 0.468 e. The van der Waals surface area contributed by atoms with E-state index in [9.17, 15) is 4.79 Å². The van der Waals surface area contributed by atoms with Crippen LogP contribution < -0.4 is 11.1 Å². The maximum atomic E-state index is 12.0. The summed E-state index contributed by atoms with van der Waals surface area (Å²) in [7, 11) is 0. The summed E-state index contributed by atoms with van der Waals surface area (Å²) in [5, 5.41) is 3.41. The Morgan fingerprint density at radius 3 is 2.84 bits per heavy atom. The molecule has 1 aliphatic rings. The van der Waals surface area contributed by atoms with Gasteiger partial charge in [-0.1, -0.05) is 0 Å². The summed E-state index contributed by atoms with van der Waals surface area (Å²) in [6.45, 7) is 4.11. The molecule has 3 N–H and O–H groups in total. The number of nitrogens with one attached hydrogen (secondary N) is 1. The Bertz CT molecular complexity index is 415. The highest BCUT2D eigenvalue weighted by Crippen LogP contribution is 2.42. The Labute approximate surface area is 118 Å². The van der Waals surface area contributed by atoms with Crippen molar-refractivity contribution < 1.29 is 9.21 Å². The summed E-state index contributed by atoms with van der Waals surface area (Å²) >= 11 is 1.70. The van der Waals surface area contributed by atoms with Crippen LogP contribution in [0, 0.1) is 5.92 Å². The number of hydrogen-bond acceptors (Lipinski definition) is 4. The van der Waals surface area contributed by atoms with Gasteiger partial charge in [-0.15, -0.1) is 0 Å². The van der Waals surface area contributed by atoms with Crippen molar-refractivity contribution in [2.75, 3.05) is 5.75 Å². The van der Waals surface area contributed by atoms with Gasteiger partial charge in [0.2, 0.25) is 5.91 Å². The number of furan rings is 1. The molecule has 1 heterocycles. The average molecular weight is 282 g/mol. The topological polar surface area (TPSA) is 68.3 Å². The van der Waals surface area contributed by atoms with Crippen LogP contribution in [0.2, 0.25) is 0 Å². The summed E-state index contributed by atoms with van der Waals surface area (Å²) in [5.74, 6) is 2.57. The van der Waals surface area contributed by atoms with Crippen LogP contribution in [0.1, 0.15) is 32.4 Å². The molecule has 1 atom stereocenters. The number of rotatable bonds is 8. The zero-order valence-electron chi connectivity index (χ0n) is 11.5. The van der Waals surface area contributed by atoms with Crippen LogP contribution >= 0.6 is 11.8 Å². The lowest BCUT2D eigenvalue weighted by Crippen LogP contribution is -2.61. The first-order chi connectivity index (χ1) is 9.04. The molecule has 19 heavy (non-hydrogen) atoms. The van der Waals surface area contributed by atoms with E-state index in [0.29, 0.717) is 11.7 Å². The number of nitrogens with two attached hydrogens (primary N) is 1. The molecule has 1 saturated carbocycles. The van der Waals surface area contributed by atoms with E-state index >= 15 is 0 Å². The Balaban J connectivity index is 1.98. The van der Waals surface area contributed by atoms with Gasteiger partial charge in [0.1, 0.15) is 11.3 Å². The van der Waals surface area contributed by atoms with Gasteiger partial charge >= 0.3 is 0 Å². The molecule has 0 aromatic carbocycles. The predicted molar refractivity (Wildman–Crippen MR) is 77.8 cm³/mol. The van der Waals surface area contributed by atoms with Gasteiger partial charge in [-0.3, -0.25) is 4.79 Å². The standard InChI is InChI=1S/C14H22N2O2S/c1-10(2)16-14(13(15)17,11-5-6-11)9-19-8-12-4-3-7-18-12/h3-4,7,10-11,16H,5-6,8-9H2,1-2H3,(H2,15,17). The van der Waals surface area contributed by atoms with Gasteiger partial charge in [-0.05, 0) is 44.7 Å². The third-order valence-electron chi connectivity index (χ3n) is 3.41. The van der Waals surface area contributed by atoms with Crippen molar-refractivity contribution in [2.24, 2.45) is 11.7 Å². The Morgan fingerprint density at radius 1 is 1.63 bits per heavy atom. The van der Waals surface area contributed by atoms with Gasteiger partial charge in [0.25, 0.3) is 0 Å². The van der Waals surface area contributed by atoms with E-state index in [1.807, 2.05) is 12.1 Å². The van der Waals surface area contributed by atoms with Gasteiger partial charge in [-0.2, -0.15) is 11.8 Å². The van der Waals surface area contributed by atoms with E-state index in [0.717, 1.165) is 24.4 Å². The molecule has 1 fully saturated rings. The fourth-order valence-electron chi connectivity index (χ4n) is 2.42. The molecular formula is C14H22N2O2S. The third-order valence-corrected chi connectivity index (χ3v) is 4.56. The molecule has 1 aliphatic carbocycles. The minimum absolute atomic E-state index is 0.226. The molecule has 1 unspecified atom stereocenters. The first kappa shape index (κ1) is 14.5. The first-order valence-corrected chi connectivity index (χ1v) is 7.88. The molecule has 0 aliphatic heterocycles. The van der Waals surface area contributed by atoms with Gasteiger partial charge in [0, 0.05) is 11.8 Å². The molecule has 0 spiro atoms. The number of thioether (sulfide) groups is 1. The van der Waals surface area contributed by atoms with Crippen molar-refractivity contribution in [2.45, 2.75) is 44.0 Å². The van der Waals surface area contributed by atoms with E-state index in [2.05, 4.69) is 19.2 Å². The zero-order chi connectivity index (χ0) is 13.9. The van der Waals surface area contributed by atoms with Crippen LogP contribution in [0.15, 0.2) is 22.8 Å². The zero-order valence-corrected chi connectivity index (χ0v) is 12.3. The Hall–Kier alpha value is -0.940. The summed E-state index contributed by atoms with van der Waals surface area (Å²) in [6, 6.07) is 4.08. The van der Waals surface area contributed by atoms with E-state index < -0.39 is 5.54 Å². The van der Waals surface area contributed by atoms with Crippen LogP contribution in [0.25, 0.3) is 0 Å². The number of primary amides is 1. The lowest BCUT2D eigenvalue weighted by molar-refractivity contribution is -0.124. The molecule has 5 heteroatoms. The second-order valence-corrected chi connectivity index (χ2v) is 6.47. The van der Waals surface area contributed by atoms with Crippen molar-refractivity contribution in [3.63, 3.8) is 0 Å². The molecule has 1 aromatic rings. The van der Waals surface area contributed by atoms with Gasteiger partial charge in [0.15, 0.2) is 0 Å². The fourth-order valence-corrected chi connectivity index (χ4v) is 3.67. The highest BCUT2D eigenvalue weighted by Gasteiger charge is 2.49. The van der Waals surface area contributed by atoms with Crippen LogP contribution in [0.5, 0.6) is 0 Å². The second-order valence-electron chi connectivity index (χ2n) is 5.48. The highest BCUT2D eigenvalue weighted by atomic mass is 32.2. The lowest BCUT2D eigenvalue weighted by Gasteiger charge is -2.33. The average Bonchev–Trinajstić information content (AvgIpc) is 3.06. The number of amides is 1. The molecule has 0 saturated heterocycles. The quantitative estimate of drug-likeness (QED) is 0.766. The van der Waals surface area contributed by atoms with E-state index in [4.69, 9.17) is 10.2 Å². The number of carbonyl (C=O) groups is 1. The van der Waals surface area contributed by atoms with Crippen molar-refractivity contribution in [1.29, 1.82) is 0 Å². The molecule has 0 bridgehead atoms. The number of carbonyl (C=O) groups excluding carboxylic acids is 1. The summed E-state index contributed by atoms with van der Waals surface area (Å²) in [5.41, 5.74) is 5.12. The first-order valence-electron chi connectivity index (χ1n) is 6.72. The fraction of sp³-hybridized carbons (Fsp3) is 0.643. The molecule has 4 nitrogen and oxygen atoms in total. The summed E-state index contributed by atoms with van der Waals surface area (Å²) in [6.07, 6.45) is 3.85. The van der Waals surface area contributed by atoms with Crippen molar-refractivity contribution in [1.82, 2.24) is 5.32 Å². The van der Waals surface area contributed by atoms with E-state index in [1.54, 1.807) is 18.0 Å². The maximum Gasteiger partial charge on any atom is 0.238 e. The van der Waals surface area contributed by atoms with Gasteiger partial charge in [0.05, 0.1) is 12.0 Å². The van der Waals surface area contributed by atoms with Gasteiger partial charge < -0.3 is 15.5 Å². The summed E-state index contributed by atoms with van der Waals surface area (Å²) < 4.78 is 5.31. The smallest absolute Gasteiger partial charge is 0.238 e. The highest BCUT2D eigenvalue weighted by molar-refractivity contribution is 7.98. The van der Waals surface area contributed by atoms with Crippen LogP contribution in [-0.2, 0) is 10.5 Å². The second kappa shape index (κ2) is 6.01. The molecule has 2 rings (SSSR count). The normalized spacial score (nSPS) is 18.5. The number of hydrogen-bond donors (Lipinski definition) is 2. The molecule has 1 amide bonds. The van der Waals surface area contributed by atoms with E-state index in [-0.39, 0.29) is 11.9 Å². The molecule has 1 aromatic heterocycles. The summed E-state index contributed by atoms with van der Waals surface area (Å²) in [4.78, 5) is 12.0. The van der Waals surface area contributed by atoms with Crippen molar-refractivity contribution in [3.05, 3.63) is 24.2 Å². The van der Waals surface area contributed by atoms with Crippen LogP contribution in [0.4, 0.5) is 0 Å². The van der Waals surface area contributed by atoms with Gasteiger partial charge in [-0.25, -0.2) is 0 Å². The maximum absolute atomic E-state index is 12.0. The van der Waals surface area contributed by atoms with Crippen molar-refractivity contribution in [3.8, 4) is 0 Å². The molecule has 0 radical (unpaired) electrons.